The highest BCUT2D eigenvalue weighted by atomic mass is 16.2. The molecule has 4 atom stereocenters. The van der Waals surface area contributed by atoms with Crippen LogP contribution in [0.2, 0.25) is 0 Å². The number of imide groups is 1. The van der Waals surface area contributed by atoms with Gasteiger partial charge in [-0.05, 0) is 38.6 Å². The highest BCUT2D eigenvalue weighted by Gasteiger charge is 2.58. The summed E-state index contributed by atoms with van der Waals surface area (Å²) in [6, 6.07) is 0.581. The molecule has 0 spiro atoms. The Morgan fingerprint density at radius 1 is 1.24 bits per heavy atom. The molecular formula is C13H20N2O2. The predicted octanol–water partition coefficient (Wildman–Crippen LogP) is 0.769. The van der Waals surface area contributed by atoms with Gasteiger partial charge in [-0.3, -0.25) is 14.5 Å². The van der Waals surface area contributed by atoms with Crippen LogP contribution in [-0.2, 0) is 9.59 Å². The predicted molar refractivity (Wildman–Crippen MR) is 63.1 cm³/mol. The van der Waals surface area contributed by atoms with E-state index in [-0.39, 0.29) is 23.7 Å². The van der Waals surface area contributed by atoms with Crippen molar-refractivity contribution in [1.29, 1.82) is 0 Å². The van der Waals surface area contributed by atoms with E-state index in [4.69, 9.17) is 0 Å². The summed E-state index contributed by atoms with van der Waals surface area (Å²) in [5, 5.41) is 3.34. The number of fused-ring (bicyclic) bond motifs is 1. The summed E-state index contributed by atoms with van der Waals surface area (Å²) < 4.78 is 0. The van der Waals surface area contributed by atoms with Crippen molar-refractivity contribution >= 4 is 11.8 Å². The van der Waals surface area contributed by atoms with E-state index in [0.29, 0.717) is 18.5 Å². The summed E-state index contributed by atoms with van der Waals surface area (Å²) in [6.45, 7) is 0.646. The Labute approximate surface area is 102 Å². The molecule has 1 heterocycles. The van der Waals surface area contributed by atoms with Gasteiger partial charge in [-0.1, -0.05) is 6.42 Å². The van der Waals surface area contributed by atoms with Crippen LogP contribution in [-0.4, -0.2) is 36.3 Å². The average molecular weight is 236 g/mol. The number of hydrogen-bond acceptors (Lipinski definition) is 3. The zero-order valence-electron chi connectivity index (χ0n) is 10.3. The molecule has 0 bridgehead atoms. The molecule has 1 aliphatic heterocycles. The lowest BCUT2D eigenvalue weighted by Crippen LogP contribution is -2.37. The lowest BCUT2D eigenvalue weighted by molar-refractivity contribution is -0.141. The number of rotatable bonds is 4. The van der Waals surface area contributed by atoms with E-state index in [1.165, 1.54) is 24.2 Å². The Kier molecular flexibility index (Phi) is 2.69. The number of hydrogen-bond donors (Lipinski definition) is 1. The van der Waals surface area contributed by atoms with Gasteiger partial charge in [-0.25, -0.2) is 0 Å². The molecule has 4 heteroatoms. The third-order valence-corrected chi connectivity index (χ3v) is 4.71. The quantitative estimate of drug-likeness (QED) is 0.733. The second-order valence-corrected chi connectivity index (χ2v) is 5.65. The van der Waals surface area contributed by atoms with E-state index in [1.54, 1.807) is 0 Å². The van der Waals surface area contributed by atoms with Gasteiger partial charge in [0.15, 0.2) is 0 Å². The standard InChI is InChI=1S/C13H20N2O2/c1-14-11-4-2-3-8(11)5-6-15-12(16)9-7-10(9)13(15)17/h8-11,14H,2-7H2,1H3. The molecular weight excluding hydrogens is 216 g/mol. The number of carbonyl (C=O) groups excluding carboxylic acids is 2. The van der Waals surface area contributed by atoms with Crippen molar-refractivity contribution < 1.29 is 9.59 Å². The molecule has 2 aliphatic carbocycles. The lowest BCUT2D eigenvalue weighted by atomic mass is 9.99. The third kappa shape index (κ3) is 1.79. The molecule has 94 valence electrons. The summed E-state index contributed by atoms with van der Waals surface area (Å²) in [7, 11) is 2.00. The molecule has 0 aromatic heterocycles. The van der Waals surface area contributed by atoms with E-state index in [9.17, 15) is 9.59 Å². The van der Waals surface area contributed by atoms with E-state index in [0.717, 1.165) is 12.8 Å². The topological polar surface area (TPSA) is 49.4 Å². The van der Waals surface area contributed by atoms with Crippen LogP contribution in [0, 0.1) is 17.8 Å². The minimum Gasteiger partial charge on any atom is -0.317 e. The highest BCUT2D eigenvalue weighted by molar-refractivity contribution is 6.08. The van der Waals surface area contributed by atoms with Crippen molar-refractivity contribution in [2.24, 2.45) is 17.8 Å². The van der Waals surface area contributed by atoms with Gasteiger partial charge in [0.05, 0.1) is 11.8 Å². The molecule has 0 aromatic carbocycles. The van der Waals surface area contributed by atoms with Crippen LogP contribution >= 0.6 is 0 Å². The van der Waals surface area contributed by atoms with Crippen LogP contribution in [0.4, 0.5) is 0 Å². The Balaban J connectivity index is 1.54. The first-order chi connectivity index (χ1) is 8.22. The number of likely N-dealkylation sites (tertiary alicyclic amines) is 1. The maximum absolute atomic E-state index is 11.8. The molecule has 17 heavy (non-hydrogen) atoms. The third-order valence-electron chi connectivity index (χ3n) is 4.71. The minimum atomic E-state index is 0.0613. The van der Waals surface area contributed by atoms with Gasteiger partial charge in [0.1, 0.15) is 0 Å². The maximum atomic E-state index is 11.8. The zero-order valence-corrected chi connectivity index (χ0v) is 10.3. The molecule has 1 saturated heterocycles. The van der Waals surface area contributed by atoms with Crippen LogP contribution in [0.3, 0.4) is 0 Å². The fourth-order valence-electron chi connectivity index (χ4n) is 3.53. The Morgan fingerprint density at radius 3 is 2.59 bits per heavy atom. The SMILES string of the molecule is CNC1CCCC1CCN1C(=O)C2CC2C1=O. The Hall–Kier alpha value is -0.900. The molecule has 0 radical (unpaired) electrons. The molecule has 2 saturated carbocycles. The molecule has 2 amide bonds. The van der Waals surface area contributed by atoms with Crippen molar-refractivity contribution in [2.45, 2.75) is 38.1 Å². The summed E-state index contributed by atoms with van der Waals surface area (Å²) in [4.78, 5) is 25.1. The maximum Gasteiger partial charge on any atom is 0.233 e. The van der Waals surface area contributed by atoms with Gasteiger partial charge in [0.2, 0.25) is 11.8 Å². The average Bonchev–Trinajstić information content (AvgIpc) is 2.94. The summed E-state index contributed by atoms with van der Waals surface area (Å²) in [5.41, 5.74) is 0. The van der Waals surface area contributed by atoms with E-state index in [1.807, 2.05) is 7.05 Å². The number of piperidine rings is 1. The number of carbonyl (C=O) groups is 2. The molecule has 0 aromatic rings. The second kappa shape index (κ2) is 4.09. The van der Waals surface area contributed by atoms with Crippen molar-refractivity contribution in [3.05, 3.63) is 0 Å². The summed E-state index contributed by atoms with van der Waals surface area (Å²) in [5.74, 6) is 0.952. The van der Waals surface area contributed by atoms with Gasteiger partial charge >= 0.3 is 0 Å². The largest absolute Gasteiger partial charge is 0.317 e. The molecule has 4 unspecified atom stereocenters. The van der Waals surface area contributed by atoms with Crippen molar-refractivity contribution in [2.75, 3.05) is 13.6 Å². The van der Waals surface area contributed by atoms with Crippen molar-refractivity contribution in [3.63, 3.8) is 0 Å². The first-order valence-corrected chi connectivity index (χ1v) is 6.75. The smallest absolute Gasteiger partial charge is 0.233 e. The van der Waals surface area contributed by atoms with E-state index >= 15 is 0 Å². The number of nitrogens with one attached hydrogen (secondary N) is 1. The van der Waals surface area contributed by atoms with Crippen LogP contribution in [0.25, 0.3) is 0 Å². The van der Waals surface area contributed by atoms with E-state index in [2.05, 4.69) is 5.32 Å². The minimum absolute atomic E-state index is 0.0613. The summed E-state index contributed by atoms with van der Waals surface area (Å²) >= 11 is 0. The first-order valence-electron chi connectivity index (χ1n) is 6.75. The second-order valence-electron chi connectivity index (χ2n) is 5.65. The zero-order chi connectivity index (χ0) is 12.0. The Bertz CT molecular complexity index is 335. The van der Waals surface area contributed by atoms with E-state index < -0.39 is 0 Å². The van der Waals surface area contributed by atoms with Crippen LogP contribution in [0.15, 0.2) is 0 Å². The van der Waals surface area contributed by atoms with Crippen LogP contribution in [0.1, 0.15) is 32.1 Å². The summed E-state index contributed by atoms with van der Waals surface area (Å²) in [6.07, 6.45) is 5.52. The highest BCUT2D eigenvalue weighted by Crippen LogP contribution is 2.47. The number of nitrogens with zero attached hydrogens (tertiary/aromatic N) is 1. The number of amides is 2. The fourth-order valence-corrected chi connectivity index (χ4v) is 3.53. The van der Waals surface area contributed by atoms with Gasteiger partial charge in [0.25, 0.3) is 0 Å². The first kappa shape index (κ1) is 11.2. The van der Waals surface area contributed by atoms with Gasteiger partial charge in [0, 0.05) is 12.6 Å². The van der Waals surface area contributed by atoms with Crippen molar-refractivity contribution in [1.82, 2.24) is 10.2 Å². The normalized spacial score (nSPS) is 39.9. The lowest BCUT2D eigenvalue weighted by Gasteiger charge is -2.22. The molecule has 1 N–H and O–H groups in total. The van der Waals surface area contributed by atoms with Crippen LogP contribution in [0.5, 0.6) is 0 Å². The molecule has 3 rings (SSSR count). The monoisotopic (exact) mass is 236 g/mol. The molecule has 4 nitrogen and oxygen atoms in total. The molecule has 3 aliphatic rings. The van der Waals surface area contributed by atoms with Crippen molar-refractivity contribution in [3.8, 4) is 0 Å². The molecule has 3 fully saturated rings. The van der Waals surface area contributed by atoms with Gasteiger partial charge < -0.3 is 5.32 Å². The Morgan fingerprint density at radius 2 is 1.94 bits per heavy atom. The fraction of sp³-hybridized carbons (Fsp3) is 0.846. The van der Waals surface area contributed by atoms with Crippen LogP contribution < -0.4 is 5.32 Å². The van der Waals surface area contributed by atoms with Gasteiger partial charge in [-0.15, -0.1) is 0 Å². The van der Waals surface area contributed by atoms with Gasteiger partial charge in [-0.2, -0.15) is 0 Å².